The van der Waals surface area contributed by atoms with Crippen LogP contribution in [0.2, 0.25) is 0 Å². The van der Waals surface area contributed by atoms with E-state index < -0.39 is 0 Å². The molecule has 0 aromatic heterocycles. The standard InChI is InChI=1S/C10H18N2O2/c1-7(11)10(13)12-5-6-14-9-4-2-3-8(9)12/h7-9H,2-6,11H2,1H3/t7-,8?,9?/m0/s1. The van der Waals surface area contributed by atoms with Crippen LogP contribution < -0.4 is 5.73 Å². The molecule has 3 atom stereocenters. The Balaban J connectivity index is 2.06. The number of carbonyl (C=O) groups is 1. The molecule has 1 saturated carbocycles. The predicted octanol–water partition coefficient (Wildman–Crippen LogP) is 0.114. The van der Waals surface area contributed by atoms with E-state index in [-0.39, 0.29) is 18.1 Å². The first-order valence-corrected chi connectivity index (χ1v) is 5.38. The van der Waals surface area contributed by atoms with E-state index in [4.69, 9.17) is 10.5 Å². The van der Waals surface area contributed by atoms with Gasteiger partial charge in [-0.2, -0.15) is 0 Å². The van der Waals surface area contributed by atoms with E-state index in [1.807, 2.05) is 4.90 Å². The maximum absolute atomic E-state index is 11.8. The summed E-state index contributed by atoms with van der Waals surface area (Å²) in [5.41, 5.74) is 5.62. The third-order valence-electron chi connectivity index (χ3n) is 3.15. The molecule has 2 aliphatic rings. The monoisotopic (exact) mass is 198 g/mol. The third kappa shape index (κ3) is 1.64. The van der Waals surface area contributed by atoms with Crippen LogP contribution in [-0.4, -0.2) is 42.1 Å². The number of amides is 1. The van der Waals surface area contributed by atoms with Crippen molar-refractivity contribution in [3.05, 3.63) is 0 Å². The minimum atomic E-state index is -0.380. The lowest BCUT2D eigenvalue weighted by atomic mass is 10.1. The Labute approximate surface area is 84.4 Å². The van der Waals surface area contributed by atoms with Gasteiger partial charge < -0.3 is 15.4 Å². The lowest BCUT2D eigenvalue weighted by Gasteiger charge is -2.38. The second-order valence-corrected chi connectivity index (χ2v) is 4.23. The van der Waals surface area contributed by atoms with Gasteiger partial charge in [0.1, 0.15) is 0 Å². The normalized spacial score (nSPS) is 34.0. The molecule has 1 aliphatic carbocycles. The molecular formula is C10H18N2O2. The number of morpholine rings is 1. The fraction of sp³-hybridized carbons (Fsp3) is 0.900. The Morgan fingerprint density at radius 1 is 1.57 bits per heavy atom. The molecule has 2 fully saturated rings. The zero-order valence-electron chi connectivity index (χ0n) is 8.61. The Morgan fingerprint density at radius 3 is 3.07 bits per heavy atom. The van der Waals surface area contributed by atoms with Crippen molar-refractivity contribution < 1.29 is 9.53 Å². The van der Waals surface area contributed by atoms with Crippen molar-refractivity contribution in [2.24, 2.45) is 5.73 Å². The topological polar surface area (TPSA) is 55.6 Å². The fourth-order valence-corrected chi connectivity index (χ4v) is 2.46. The second-order valence-electron chi connectivity index (χ2n) is 4.23. The van der Waals surface area contributed by atoms with Crippen molar-refractivity contribution in [2.45, 2.75) is 44.4 Å². The zero-order valence-corrected chi connectivity index (χ0v) is 8.61. The molecule has 14 heavy (non-hydrogen) atoms. The van der Waals surface area contributed by atoms with E-state index in [1.165, 1.54) is 0 Å². The van der Waals surface area contributed by atoms with Crippen LogP contribution >= 0.6 is 0 Å². The number of carbonyl (C=O) groups excluding carboxylic acids is 1. The molecule has 1 aliphatic heterocycles. The molecule has 2 N–H and O–H groups in total. The first-order valence-electron chi connectivity index (χ1n) is 5.38. The van der Waals surface area contributed by atoms with Crippen LogP contribution in [0.5, 0.6) is 0 Å². The zero-order chi connectivity index (χ0) is 10.1. The largest absolute Gasteiger partial charge is 0.374 e. The van der Waals surface area contributed by atoms with Gasteiger partial charge in [0.2, 0.25) is 5.91 Å². The van der Waals surface area contributed by atoms with Crippen LogP contribution in [0, 0.1) is 0 Å². The summed E-state index contributed by atoms with van der Waals surface area (Å²) in [7, 11) is 0. The van der Waals surface area contributed by atoms with Gasteiger partial charge >= 0.3 is 0 Å². The molecule has 0 radical (unpaired) electrons. The number of hydrogen-bond acceptors (Lipinski definition) is 3. The van der Waals surface area contributed by atoms with Gasteiger partial charge in [-0.05, 0) is 26.2 Å². The third-order valence-corrected chi connectivity index (χ3v) is 3.15. The van der Waals surface area contributed by atoms with Crippen molar-refractivity contribution in [3.8, 4) is 0 Å². The van der Waals surface area contributed by atoms with Gasteiger partial charge in [-0.15, -0.1) is 0 Å². The molecule has 4 heteroatoms. The highest BCUT2D eigenvalue weighted by molar-refractivity contribution is 5.81. The predicted molar refractivity (Wildman–Crippen MR) is 52.7 cm³/mol. The summed E-state index contributed by atoms with van der Waals surface area (Å²) in [6, 6.07) is -0.0865. The summed E-state index contributed by atoms with van der Waals surface area (Å²) in [4.78, 5) is 13.7. The molecule has 0 aromatic rings. The average molecular weight is 198 g/mol. The fourth-order valence-electron chi connectivity index (χ4n) is 2.46. The first kappa shape index (κ1) is 9.93. The van der Waals surface area contributed by atoms with Gasteiger partial charge in [-0.25, -0.2) is 0 Å². The summed E-state index contributed by atoms with van der Waals surface area (Å²) in [5, 5.41) is 0. The van der Waals surface area contributed by atoms with Crippen LogP contribution in [0.15, 0.2) is 0 Å². The average Bonchev–Trinajstić information content (AvgIpc) is 2.63. The van der Waals surface area contributed by atoms with Crippen LogP contribution in [0.4, 0.5) is 0 Å². The van der Waals surface area contributed by atoms with Gasteiger partial charge in [-0.1, -0.05) is 0 Å². The summed E-state index contributed by atoms with van der Waals surface area (Å²) in [6.45, 7) is 3.13. The highest BCUT2D eigenvalue weighted by Crippen LogP contribution is 2.29. The van der Waals surface area contributed by atoms with Gasteiger partial charge in [0, 0.05) is 6.54 Å². The smallest absolute Gasteiger partial charge is 0.239 e. The molecule has 2 rings (SSSR count). The summed E-state index contributed by atoms with van der Waals surface area (Å²) >= 11 is 0. The van der Waals surface area contributed by atoms with Crippen LogP contribution in [0.25, 0.3) is 0 Å². The molecule has 4 nitrogen and oxygen atoms in total. The van der Waals surface area contributed by atoms with Crippen molar-refractivity contribution in [2.75, 3.05) is 13.2 Å². The number of nitrogens with zero attached hydrogens (tertiary/aromatic N) is 1. The van der Waals surface area contributed by atoms with Crippen LogP contribution in [0.3, 0.4) is 0 Å². The second kappa shape index (κ2) is 3.87. The number of ether oxygens (including phenoxy) is 1. The maximum Gasteiger partial charge on any atom is 0.239 e. The van der Waals surface area contributed by atoms with Crippen molar-refractivity contribution >= 4 is 5.91 Å². The molecule has 2 unspecified atom stereocenters. The molecule has 0 spiro atoms. The summed E-state index contributed by atoms with van der Waals surface area (Å²) in [5.74, 6) is 0.0743. The molecule has 1 saturated heterocycles. The van der Waals surface area contributed by atoms with Crippen molar-refractivity contribution in [1.82, 2.24) is 4.90 Å². The number of rotatable bonds is 1. The van der Waals surface area contributed by atoms with Gasteiger partial charge in [0.25, 0.3) is 0 Å². The van der Waals surface area contributed by atoms with E-state index in [1.54, 1.807) is 6.92 Å². The maximum atomic E-state index is 11.8. The number of fused-ring (bicyclic) bond motifs is 1. The Bertz CT molecular complexity index is 230. The Morgan fingerprint density at radius 2 is 2.36 bits per heavy atom. The Kier molecular flexibility index (Phi) is 2.74. The Hall–Kier alpha value is -0.610. The van der Waals surface area contributed by atoms with E-state index in [0.29, 0.717) is 19.2 Å². The molecular weight excluding hydrogens is 180 g/mol. The first-order chi connectivity index (χ1) is 6.70. The molecule has 0 bridgehead atoms. The minimum absolute atomic E-state index is 0.0743. The van der Waals surface area contributed by atoms with E-state index >= 15 is 0 Å². The lowest BCUT2D eigenvalue weighted by Crippen LogP contribution is -2.55. The van der Waals surface area contributed by atoms with Crippen molar-refractivity contribution in [1.29, 1.82) is 0 Å². The highest BCUT2D eigenvalue weighted by atomic mass is 16.5. The van der Waals surface area contributed by atoms with Gasteiger partial charge in [0.15, 0.2) is 0 Å². The SMILES string of the molecule is C[C@H](N)C(=O)N1CCOC2CCCC21. The van der Waals surface area contributed by atoms with E-state index in [2.05, 4.69) is 0 Å². The minimum Gasteiger partial charge on any atom is -0.374 e. The summed E-state index contributed by atoms with van der Waals surface area (Å²) in [6.07, 6.45) is 3.60. The molecule has 1 amide bonds. The van der Waals surface area contributed by atoms with Crippen molar-refractivity contribution in [3.63, 3.8) is 0 Å². The molecule has 0 aromatic carbocycles. The van der Waals surface area contributed by atoms with Gasteiger partial charge in [-0.3, -0.25) is 4.79 Å². The highest BCUT2D eigenvalue weighted by Gasteiger charge is 2.38. The van der Waals surface area contributed by atoms with E-state index in [0.717, 1.165) is 19.3 Å². The molecule has 80 valence electrons. The van der Waals surface area contributed by atoms with Crippen LogP contribution in [0.1, 0.15) is 26.2 Å². The summed E-state index contributed by atoms with van der Waals surface area (Å²) < 4.78 is 5.63. The number of nitrogens with two attached hydrogens (primary N) is 1. The van der Waals surface area contributed by atoms with Crippen LogP contribution in [-0.2, 0) is 9.53 Å². The van der Waals surface area contributed by atoms with Gasteiger partial charge in [0.05, 0.1) is 24.8 Å². The lowest BCUT2D eigenvalue weighted by molar-refractivity contribution is -0.144. The molecule has 1 heterocycles. The number of hydrogen-bond donors (Lipinski definition) is 1. The van der Waals surface area contributed by atoms with E-state index in [9.17, 15) is 4.79 Å². The quantitative estimate of drug-likeness (QED) is 0.651.